The summed E-state index contributed by atoms with van der Waals surface area (Å²) in [6.07, 6.45) is -0.308. The van der Waals surface area contributed by atoms with Crippen LogP contribution in [0.4, 0.5) is 0 Å². The lowest BCUT2D eigenvalue weighted by Gasteiger charge is -2.45. The van der Waals surface area contributed by atoms with E-state index in [0.29, 0.717) is 13.2 Å². The third kappa shape index (κ3) is 3.18. The van der Waals surface area contributed by atoms with Crippen molar-refractivity contribution in [1.29, 1.82) is 5.26 Å². The second-order valence-corrected chi connectivity index (χ2v) is 5.65. The number of ether oxygens (including phenoxy) is 1. The van der Waals surface area contributed by atoms with Crippen molar-refractivity contribution in [3.05, 3.63) is 0 Å². The standard InChI is InChI=1S/C12H23N3O/c1-9(14)11(12(2,3)4)15-5-6-16-10(7-13)8-15/h9-11H,5-6,8,14H2,1-4H3. The number of nitrogens with two attached hydrogens (primary N) is 1. The van der Waals surface area contributed by atoms with Gasteiger partial charge in [0.25, 0.3) is 0 Å². The quantitative estimate of drug-likeness (QED) is 0.760. The third-order valence-electron chi connectivity index (χ3n) is 3.02. The average Bonchev–Trinajstić information content (AvgIpc) is 2.15. The summed E-state index contributed by atoms with van der Waals surface area (Å²) in [5, 5.41) is 8.90. The molecule has 3 unspecified atom stereocenters. The van der Waals surface area contributed by atoms with Gasteiger partial charge < -0.3 is 10.5 Å². The molecule has 4 nitrogen and oxygen atoms in total. The summed E-state index contributed by atoms with van der Waals surface area (Å²) in [6.45, 7) is 10.8. The van der Waals surface area contributed by atoms with Crippen molar-refractivity contribution in [2.24, 2.45) is 11.1 Å². The Hall–Kier alpha value is -0.630. The minimum atomic E-state index is -0.308. The molecule has 0 aromatic rings. The van der Waals surface area contributed by atoms with Gasteiger partial charge in [-0.3, -0.25) is 4.90 Å². The normalized spacial score (nSPS) is 27.1. The molecule has 1 aliphatic heterocycles. The molecule has 0 radical (unpaired) electrons. The largest absolute Gasteiger partial charge is 0.361 e. The molecule has 0 spiro atoms. The SMILES string of the molecule is CC(N)C(N1CCOC(C#N)C1)C(C)(C)C. The van der Waals surface area contributed by atoms with Crippen LogP contribution in [0.25, 0.3) is 0 Å². The molecule has 1 rings (SSSR count). The van der Waals surface area contributed by atoms with Crippen LogP contribution >= 0.6 is 0 Å². The second-order valence-electron chi connectivity index (χ2n) is 5.65. The summed E-state index contributed by atoms with van der Waals surface area (Å²) >= 11 is 0. The summed E-state index contributed by atoms with van der Waals surface area (Å²) in [5.41, 5.74) is 6.19. The summed E-state index contributed by atoms with van der Waals surface area (Å²) in [4.78, 5) is 2.29. The molecule has 16 heavy (non-hydrogen) atoms. The smallest absolute Gasteiger partial charge is 0.156 e. The van der Waals surface area contributed by atoms with E-state index in [4.69, 9.17) is 15.7 Å². The maximum atomic E-state index is 8.90. The Morgan fingerprint density at radius 3 is 2.56 bits per heavy atom. The van der Waals surface area contributed by atoms with Crippen molar-refractivity contribution in [2.45, 2.75) is 45.9 Å². The van der Waals surface area contributed by atoms with Crippen LogP contribution in [0, 0.1) is 16.7 Å². The third-order valence-corrected chi connectivity index (χ3v) is 3.02. The Morgan fingerprint density at radius 1 is 1.50 bits per heavy atom. The van der Waals surface area contributed by atoms with Crippen LogP contribution in [-0.4, -0.2) is 42.8 Å². The molecule has 2 N–H and O–H groups in total. The zero-order valence-electron chi connectivity index (χ0n) is 10.7. The van der Waals surface area contributed by atoms with E-state index >= 15 is 0 Å². The van der Waals surface area contributed by atoms with Gasteiger partial charge >= 0.3 is 0 Å². The van der Waals surface area contributed by atoms with Crippen LogP contribution < -0.4 is 5.73 Å². The van der Waals surface area contributed by atoms with Gasteiger partial charge in [0.05, 0.1) is 12.7 Å². The molecule has 4 heteroatoms. The summed E-state index contributed by atoms with van der Waals surface area (Å²) in [6, 6.07) is 2.55. The number of nitriles is 1. The zero-order valence-corrected chi connectivity index (χ0v) is 10.7. The predicted molar refractivity (Wildman–Crippen MR) is 63.8 cm³/mol. The van der Waals surface area contributed by atoms with Crippen LogP contribution in [0.5, 0.6) is 0 Å². The molecule has 0 aromatic carbocycles. The van der Waals surface area contributed by atoms with Gasteiger partial charge in [-0.1, -0.05) is 20.8 Å². The van der Waals surface area contributed by atoms with Gasteiger partial charge in [-0.05, 0) is 12.3 Å². The minimum absolute atomic E-state index is 0.0949. The Labute approximate surface area is 98.4 Å². The van der Waals surface area contributed by atoms with Crippen molar-refractivity contribution in [1.82, 2.24) is 4.90 Å². The van der Waals surface area contributed by atoms with Gasteiger partial charge in [0, 0.05) is 25.2 Å². The fraction of sp³-hybridized carbons (Fsp3) is 0.917. The van der Waals surface area contributed by atoms with Crippen molar-refractivity contribution < 1.29 is 4.74 Å². The molecule has 3 atom stereocenters. The van der Waals surface area contributed by atoms with Crippen molar-refractivity contribution in [2.75, 3.05) is 19.7 Å². The molecule has 0 amide bonds. The first-order valence-electron chi connectivity index (χ1n) is 5.87. The topological polar surface area (TPSA) is 62.3 Å². The van der Waals surface area contributed by atoms with Crippen LogP contribution in [-0.2, 0) is 4.74 Å². The van der Waals surface area contributed by atoms with Crippen LogP contribution in [0.2, 0.25) is 0 Å². The molecule has 0 saturated carbocycles. The van der Waals surface area contributed by atoms with Crippen molar-refractivity contribution >= 4 is 0 Å². The Morgan fingerprint density at radius 2 is 2.12 bits per heavy atom. The van der Waals surface area contributed by atoms with E-state index in [-0.39, 0.29) is 23.6 Å². The minimum Gasteiger partial charge on any atom is -0.361 e. The highest BCUT2D eigenvalue weighted by Gasteiger charge is 2.36. The molecular weight excluding hydrogens is 202 g/mol. The highest BCUT2D eigenvalue weighted by atomic mass is 16.5. The molecule has 1 heterocycles. The predicted octanol–water partition coefficient (Wildman–Crippen LogP) is 0.973. The lowest BCUT2D eigenvalue weighted by atomic mass is 9.81. The number of hydrogen-bond donors (Lipinski definition) is 1. The summed E-state index contributed by atoms with van der Waals surface area (Å²) in [7, 11) is 0. The molecule has 0 bridgehead atoms. The molecule has 92 valence electrons. The average molecular weight is 225 g/mol. The van der Waals surface area contributed by atoms with Gasteiger partial charge in [0.2, 0.25) is 0 Å². The van der Waals surface area contributed by atoms with Crippen LogP contribution in [0.1, 0.15) is 27.7 Å². The Kier molecular flexibility index (Phi) is 4.31. The molecule has 1 fully saturated rings. The summed E-state index contributed by atoms with van der Waals surface area (Å²) < 4.78 is 5.36. The van der Waals surface area contributed by atoms with Crippen molar-refractivity contribution in [3.8, 4) is 6.07 Å². The second kappa shape index (κ2) is 5.13. The van der Waals surface area contributed by atoms with E-state index in [1.807, 2.05) is 6.92 Å². The number of morpholine rings is 1. The molecular formula is C12H23N3O. The maximum Gasteiger partial charge on any atom is 0.156 e. The molecule has 0 aromatic heterocycles. The lowest BCUT2D eigenvalue weighted by molar-refractivity contribution is -0.0426. The van der Waals surface area contributed by atoms with Crippen LogP contribution in [0.3, 0.4) is 0 Å². The van der Waals surface area contributed by atoms with Gasteiger partial charge in [0.1, 0.15) is 0 Å². The highest BCUT2D eigenvalue weighted by molar-refractivity contribution is 4.96. The van der Waals surface area contributed by atoms with Gasteiger partial charge in [-0.15, -0.1) is 0 Å². The summed E-state index contributed by atoms with van der Waals surface area (Å²) in [5.74, 6) is 0. The Bertz CT molecular complexity index is 264. The van der Waals surface area contributed by atoms with E-state index < -0.39 is 0 Å². The van der Waals surface area contributed by atoms with E-state index in [0.717, 1.165) is 6.54 Å². The lowest BCUT2D eigenvalue weighted by Crippen LogP contribution is -2.58. The first kappa shape index (κ1) is 13.4. The van der Waals surface area contributed by atoms with E-state index in [9.17, 15) is 0 Å². The van der Waals surface area contributed by atoms with E-state index in [1.54, 1.807) is 0 Å². The van der Waals surface area contributed by atoms with Crippen molar-refractivity contribution in [3.63, 3.8) is 0 Å². The highest BCUT2D eigenvalue weighted by Crippen LogP contribution is 2.27. The molecule has 1 aliphatic rings. The fourth-order valence-electron chi connectivity index (χ4n) is 2.67. The monoisotopic (exact) mass is 225 g/mol. The number of rotatable bonds is 2. The number of nitrogens with zero attached hydrogens (tertiary/aromatic N) is 2. The van der Waals surface area contributed by atoms with E-state index in [2.05, 4.69) is 31.7 Å². The maximum absolute atomic E-state index is 8.90. The van der Waals surface area contributed by atoms with Gasteiger partial charge in [-0.25, -0.2) is 0 Å². The Balaban J connectivity index is 2.76. The molecule has 1 saturated heterocycles. The van der Waals surface area contributed by atoms with E-state index in [1.165, 1.54) is 0 Å². The molecule has 0 aliphatic carbocycles. The fourth-order valence-corrected chi connectivity index (χ4v) is 2.67. The zero-order chi connectivity index (χ0) is 12.3. The first-order valence-corrected chi connectivity index (χ1v) is 5.87. The first-order chi connectivity index (χ1) is 7.36. The number of hydrogen-bond acceptors (Lipinski definition) is 4. The van der Waals surface area contributed by atoms with Gasteiger partial charge in [-0.2, -0.15) is 5.26 Å². The van der Waals surface area contributed by atoms with Gasteiger partial charge in [0.15, 0.2) is 6.10 Å². The van der Waals surface area contributed by atoms with Crippen LogP contribution in [0.15, 0.2) is 0 Å².